The first-order chi connectivity index (χ1) is 13.2. The van der Waals surface area contributed by atoms with E-state index >= 15 is 0 Å². The Morgan fingerprint density at radius 1 is 1.26 bits per heavy atom. The lowest BCUT2D eigenvalue weighted by Gasteiger charge is -2.23. The molecule has 2 N–H and O–H groups in total. The van der Waals surface area contributed by atoms with Crippen LogP contribution in [0.25, 0.3) is 11.0 Å². The van der Waals surface area contributed by atoms with Crippen LogP contribution in [0, 0.1) is 6.92 Å². The Morgan fingerprint density at radius 2 is 2.11 bits per heavy atom. The number of carbonyl (C=O) groups is 1. The number of piperidine rings is 1. The predicted octanol–water partition coefficient (Wildman–Crippen LogP) is 3.80. The molecule has 1 fully saturated rings. The fourth-order valence-electron chi connectivity index (χ4n) is 3.54. The van der Waals surface area contributed by atoms with Crippen LogP contribution in [0.15, 0.2) is 52.9 Å². The van der Waals surface area contributed by atoms with Gasteiger partial charge in [-0.1, -0.05) is 30.3 Å². The molecule has 140 valence electrons. The number of rotatable bonds is 5. The van der Waals surface area contributed by atoms with Crippen molar-refractivity contribution in [1.29, 1.82) is 0 Å². The molecule has 1 saturated heterocycles. The second kappa shape index (κ2) is 7.84. The first-order valence-corrected chi connectivity index (χ1v) is 9.42. The normalized spacial score (nSPS) is 17.0. The highest BCUT2D eigenvalue weighted by Crippen LogP contribution is 2.29. The van der Waals surface area contributed by atoms with E-state index in [2.05, 4.69) is 10.6 Å². The van der Waals surface area contributed by atoms with E-state index < -0.39 is 0 Å². The van der Waals surface area contributed by atoms with Gasteiger partial charge in [0.15, 0.2) is 0 Å². The molecule has 27 heavy (non-hydrogen) atoms. The molecule has 0 spiro atoms. The summed E-state index contributed by atoms with van der Waals surface area (Å²) in [5, 5.41) is 7.24. The molecule has 1 unspecified atom stereocenters. The molecule has 1 aliphatic rings. The summed E-state index contributed by atoms with van der Waals surface area (Å²) in [7, 11) is 0. The molecule has 0 radical (unpaired) electrons. The van der Waals surface area contributed by atoms with Gasteiger partial charge in [-0.25, -0.2) is 0 Å². The van der Waals surface area contributed by atoms with Crippen LogP contribution in [0.1, 0.15) is 34.5 Å². The van der Waals surface area contributed by atoms with Gasteiger partial charge < -0.3 is 19.8 Å². The lowest BCUT2D eigenvalue weighted by molar-refractivity contribution is 0.0930. The summed E-state index contributed by atoms with van der Waals surface area (Å²) in [5.74, 6) is 1.27. The van der Waals surface area contributed by atoms with E-state index in [0.29, 0.717) is 23.5 Å². The van der Waals surface area contributed by atoms with Crippen LogP contribution < -0.4 is 15.4 Å². The highest BCUT2D eigenvalue weighted by atomic mass is 16.5. The van der Waals surface area contributed by atoms with Crippen LogP contribution >= 0.6 is 0 Å². The van der Waals surface area contributed by atoms with Gasteiger partial charge in [-0.05, 0) is 50.1 Å². The third-order valence-corrected chi connectivity index (χ3v) is 4.94. The summed E-state index contributed by atoms with van der Waals surface area (Å²) in [6, 6.07) is 15.8. The summed E-state index contributed by atoms with van der Waals surface area (Å²) in [6.07, 6.45) is 2.08. The first kappa shape index (κ1) is 17.6. The molecule has 1 aliphatic heterocycles. The van der Waals surface area contributed by atoms with Gasteiger partial charge in [-0.3, -0.25) is 4.79 Å². The van der Waals surface area contributed by atoms with E-state index in [1.54, 1.807) is 0 Å². The molecule has 2 heterocycles. The largest absolute Gasteiger partial charge is 0.489 e. The van der Waals surface area contributed by atoms with E-state index in [0.717, 1.165) is 42.6 Å². The molecule has 1 aromatic heterocycles. The minimum atomic E-state index is -0.0832. The minimum absolute atomic E-state index is 0.0832. The van der Waals surface area contributed by atoms with Crippen molar-refractivity contribution in [3.8, 4) is 5.75 Å². The maximum absolute atomic E-state index is 12.9. The van der Waals surface area contributed by atoms with Crippen molar-refractivity contribution in [2.75, 3.05) is 13.1 Å². The molecule has 5 heteroatoms. The summed E-state index contributed by atoms with van der Waals surface area (Å²) >= 11 is 0. The Bertz CT molecular complexity index is 927. The fourth-order valence-corrected chi connectivity index (χ4v) is 3.54. The molecule has 5 nitrogen and oxygen atoms in total. The third kappa shape index (κ3) is 3.98. The van der Waals surface area contributed by atoms with Gasteiger partial charge in [-0.2, -0.15) is 0 Å². The second-order valence-electron chi connectivity index (χ2n) is 6.98. The maximum Gasteiger partial charge on any atom is 0.255 e. The number of hydrogen-bond donors (Lipinski definition) is 2. The molecule has 1 atom stereocenters. The van der Waals surface area contributed by atoms with Gasteiger partial charge in [0.2, 0.25) is 0 Å². The number of ether oxygens (including phenoxy) is 1. The lowest BCUT2D eigenvalue weighted by atomic mass is 10.1. The highest BCUT2D eigenvalue weighted by molar-refractivity contribution is 6.07. The standard InChI is InChI=1S/C22H24N2O3/c1-15-21(22(25)24-17-8-5-11-23-13-17)19-12-18(9-10-20(19)27-15)26-14-16-6-3-2-4-7-16/h2-4,6-7,9-10,12,17,23H,5,8,11,13-14H2,1H3,(H,24,25). The van der Waals surface area contributed by atoms with E-state index in [4.69, 9.17) is 9.15 Å². The second-order valence-corrected chi connectivity index (χ2v) is 6.98. The SMILES string of the molecule is Cc1oc2ccc(OCc3ccccc3)cc2c1C(=O)NC1CCCNC1. The number of hydrogen-bond acceptors (Lipinski definition) is 4. The summed E-state index contributed by atoms with van der Waals surface area (Å²) in [4.78, 5) is 12.9. The van der Waals surface area contributed by atoms with Gasteiger partial charge in [-0.15, -0.1) is 0 Å². The predicted molar refractivity (Wildman–Crippen MR) is 105 cm³/mol. The number of aryl methyl sites for hydroxylation is 1. The molecule has 2 aromatic carbocycles. The van der Waals surface area contributed by atoms with Crippen molar-refractivity contribution in [3.63, 3.8) is 0 Å². The molecular formula is C22H24N2O3. The maximum atomic E-state index is 12.9. The Balaban J connectivity index is 1.54. The number of carbonyl (C=O) groups excluding carboxylic acids is 1. The Kier molecular flexibility index (Phi) is 5.12. The van der Waals surface area contributed by atoms with Crippen LogP contribution in [-0.2, 0) is 6.61 Å². The zero-order chi connectivity index (χ0) is 18.6. The highest BCUT2D eigenvalue weighted by Gasteiger charge is 2.22. The zero-order valence-electron chi connectivity index (χ0n) is 15.5. The van der Waals surface area contributed by atoms with Gasteiger partial charge in [0.1, 0.15) is 23.7 Å². The molecule has 4 rings (SSSR count). The Morgan fingerprint density at radius 3 is 2.89 bits per heavy atom. The van der Waals surface area contributed by atoms with E-state index in [-0.39, 0.29) is 11.9 Å². The van der Waals surface area contributed by atoms with E-state index in [1.807, 2.05) is 55.5 Å². The van der Waals surface area contributed by atoms with Crippen LogP contribution in [-0.4, -0.2) is 25.0 Å². The number of amides is 1. The van der Waals surface area contributed by atoms with E-state index in [1.165, 1.54) is 0 Å². The van der Waals surface area contributed by atoms with Crippen LogP contribution in [0.4, 0.5) is 0 Å². The zero-order valence-corrected chi connectivity index (χ0v) is 15.5. The van der Waals surface area contributed by atoms with Crippen molar-refractivity contribution in [2.45, 2.75) is 32.4 Å². The van der Waals surface area contributed by atoms with Gasteiger partial charge in [0.05, 0.1) is 5.56 Å². The van der Waals surface area contributed by atoms with Crippen molar-refractivity contribution in [2.24, 2.45) is 0 Å². The Labute approximate surface area is 158 Å². The molecule has 0 saturated carbocycles. The number of furan rings is 1. The van der Waals surface area contributed by atoms with Crippen molar-refractivity contribution in [3.05, 3.63) is 65.4 Å². The molecule has 0 bridgehead atoms. The van der Waals surface area contributed by atoms with Crippen LogP contribution in [0.5, 0.6) is 5.75 Å². The summed E-state index contributed by atoms with van der Waals surface area (Å²) in [6.45, 7) is 4.14. The molecule has 3 aromatic rings. The quantitative estimate of drug-likeness (QED) is 0.723. The van der Waals surface area contributed by atoms with Crippen molar-refractivity contribution >= 4 is 16.9 Å². The first-order valence-electron chi connectivity index (χ1n) is 9.42. The number of nitrogens with one attached hydrogen (secondary N) is 2. The number of fused-ring (bicyclic) bond motifs is 1. The molecule has 1 amide bonds. The van der Waals surface area contributed by atoms with E-state index in [9.17, 15) is 4.79 Å². The average molecular weight is 364 g/mol. The minimum Gasteiger partial charge on any atom is -0.489 e. The van der Waals surface area contributed by atoms with Crippen molar-refractivity contribution in [1.82, 2.24) is 10.6 Å². The Hall–Kier alpha value is -2.79. The third-order valence-electron chi connectivity index (χ3n) is 4.94. The monoisotopic (exact) mass is 364 g/mol. The van der Waals surface area contributed by atoms with Gasteiger partial charge >= 0.3 is 0 Å². The lowest BCUT2D eigenvalue weighted by Crippen LogP contribution is -2.45. The van der Waals surface area contributed by atoms with Crippen LogP contribution in [0.3, 0.4) is 0 Å². The fraction of sp³-hybridized carbons (Fsp3) is 0.318. The average Bonchev–Trinajstić information content (AvgIpc) is 3.03. The van der Waals surface area contributed by atoms with Gasteiger partial charge in [0, 0.05) is 18.0 Å². The summed E-state index contributed by atoms with van der Waals surface area (Å²) in [5.41, 5.74) is 2.40. The number of benzene rings is 2. The molecular weight excluding hydrogens is 340 g/mol. The van der Waals surface area contributed by atoms with Crippen LogP contribution in [0.2, 0.25) is 0 Å². The topological polar surface area (TPSA) is 63.5 Å². The van der Waals surface area contributed by atoms with Crippen molar-refractivity contribution < 1.29 is 13.9 Å². The summed E-state index contributed by atoms with van der Waals surface area (Å²) < 4.78 is 11.7. The van der Waals surface area contributed by atoms with Gasteiger partial charge in [0.25, 0.3) is 5.91 Å². The molecule has 0 aliphatic carbocycles. The smallest absolute Gasteiger partial charge is 0.255 e.